The van der Waals surface area contributed by atoms with E-state index in [1.54, 1.807) is 18.5 Å². The molecule has 7 aromatic rings. The van der Waals surface area contributed by atoms with E-state index in [2.05, 4.69) is 173 Å². The lowest BCUT2D eigenvalue weighted by atomic mass is 9.94. The Morgan fingerprint density at radius 2 is 0.708 bits per heavy atom. The molecule has 0 atom stereocenters. The summed E-state index contributed by atoms with van der Waals surface area (Å²) in [5.41, 5.74) is 9.76. The molecule has 0 aliphatic rings. The van der Waals surface area contributed by atoms with E-state index in [9.17, 15) is 0 Å². The number of nitrogens with zero attached hydrogens (tertiary/aromatic N) is 3. The standard InChI is InChI=1S/C28H22.C14H12.C3H3N3/c1-4-11-23(12-5-1)19-21-26-17-10-18-27(25-15-8-3-9-16-25)28(26)22-20-24-13-6-2-7-14-24;1-3-7-13(8-4-1)11-12-14-9-5-2-6-10-14;1-2-4-6-5-3-1/h1-22H;1-12H;1-3H. The van der Waals surface area contributed by atoms with Gasteiger partial charge in [-0.15, -0.1) is 10.2 Å². The van der Waals surface area contributed by atoms with Crippen molar-refractivity contribution in [2.75, 3.05) is 0 Å². The molecule has 0 N–H and O–H groups in total. The number of benzene rings is 6. The van der Waals surface area contributed by atoms with Crippen LogP contribution in [0.3, 0.4) is 0 Å². The Morgan fingerprint density at radius 3 is 1.10 bits per heavy atom. The summed E-state index contributed by atoms with van der Waals surface area (Å²) in [5.74, 6) is 0. The van der Waals surface area contributed by atoms with E-state index < -0.39 is 0 Å². The van der Waals surface area contributed by atoms with E-state index in [-0.39, 0.29) is 0 Å². The fourth-order valence-corrected chi connectivity index (χ4v) is 4.80. The van der Waals surface area contributed by atoms with E-state index in [0.29, 0.717) is 0 Å². The Balaban J connectivity index is 0.000000185. The molecule has 0 aliphatic heterocycles. The molecule has 3 nitrogen and oxygen atoms in total. The van der Waals surface area contributed by atoms with Gasteiger partial charge in [-0.05, 0) is 55.8 Å². The number of hydrogen-bond acceptors (Lipinski definition) is 3. The van der Waals surface area contributed by atoms with Gasteiger partial charge in [0.1, 0.15) is 0 Å². The minimum atomic E-state index is 1.20. The normalized spacial score (nSPS) is 10.7. The van der Waals surface area contributed by atoms with Gasteiger partial charge in [0, 0.05) is 0 Å². The largest absolute Gasteiger partial charge is 0.139 e. The van der Waals surface area contributed by atoms with Gasteiger partial charge in [0.15, 0.2) is 0 Å². The molecule has 0 amide bonds. The molecule has 0 saturated carbocycles. The molecule has 0 unspecified atom stereocenters. The molecular weight excluding hydrogens is 583 g/mol. The van der Waals surface area contributed by atoms with Gasteiger partial charge in [-0.25, -0.2) is 0 Å². The van der Waals surface area contributed by atoms with Crippen molar-refractivity contribution < 1.29 is 0 Å². The van der Waals surface area contributed by atoms with Crippen LogP contribution in [0.25, 0.3) is 47.6 Å². The number of hydrogen-bond donors (Lipinski definition) is 0. The molecule has 0 radical (unpaired) electrons. The third-order valence-corrected chi connectivity index (χ3v) is 7.20. The minimum absolute atomic E-state index is 1.20. The first-order valence-corrected chi connectivity index (χ1v) is 15.9. The van der Waals surface area contributed by atoms with Crippen molar-refractivity contribution >= 4 is 36.5 Å². The first kappa shape index (κ1) is 32.9. The predicted octanol–water partition coefficient (Wildman–Crippen LogP) is 11.4. The zero-order chi connectivity index (χ0) is 32.9. The molecule has 3 heteroatoms. The highest BCUT2D eigenvalue weighted by Crippen LogP contribution is 2.29. The second-order valence-corrected chi connectivity index (χ2v) is 10.6. The average Bonchev–Trinajstić information content (AvgIpc) is 3.19. The van der Waals surface area contributed by atoms with Crippen molar-refractivity contribution in [2.24, 2.45) is 0 Å². The van der Waals surface area contributed by atoms with E-state index >= 15 is 0 Å². The zero-order valence-corrected chi connectivity index (χ0v) is 26.7. The smallest absolute Gasteiger partial charge is 0.0529 e. The fourth-order valence-electron chi connectivity index (χ4n) is 4.80. The van der Waals surface area contributed by atoms with Gasteiger partial charge >= 0.3 is 0 Å². The van der Waals surface area contributed by atoms with E-state index in [0.717, 1.165) is 0 Å². The average molecular weight is 620 g/mol. The first-order valence-electron chi connectivity index (χ1n) is 15.9. The van der Waals surface area contributed by atoms with E-state index in [4.69, 9.17) is 0 Å². The van der Waals surface area contributed by atoms with Crippen molar-refractivity contribution in [1.82, 2.24) is 15.4 Å². The van der Waals surface area contributed by atoms with Crippen LogP contribution < -0.4 is 0 Å². The SMILES string of the molecule is C(=Cc1cccc(-c2ccccc2)c1C=Cc1ccccc1)c1ccccc1.C(=Cc1ccccc1)c1ccccc1.c1cnnnc1. The van der Waals surface area contributed by atoms with Crippen molar-refractivity contribution in [3.8, 4) is 11.1 Å². The zero-order valence-electron chi connectivity index (χ0n) is 26.7. The highest BCUT2D eigenvalue weighted by Gasteiger charge is 2.06. The second kappa shape index (κ2) is 19.2. The van der Waals surface area contributed by atoms with Gasteiger partial charge in [-0.2, -0.15) is 0 Å². The molecule has 1 aromatic heterocycles. The fraction of sp³-hybridized carbons (Fsp3) is 0. The van der Waals surface area contributed by atoms with Crippen LogP contribution in [0.5, 0.6) is 0 Å². The summed E-state index contributed by atoms with van der Waals surface area (Å²) in [6.07, 6.45) is 16.2. The van der Waals surface area contributed by atoms with Gasteiger partial charge in [0.05, 0.1) is 12.4 Å². The van der Waals surface area contributed by atoms with Crippen LogP contribution in [0, 0.1) is 0 Å². The van der Waals surface area contributed by atoms with Crippen LogP contribution in [0.1, 0.15) is 33.4 Å². The molecule has 232 valence electrons. The molecule has 0 saturated heterocycles. The molecular formula is C45H37N3. The molecule has 0 aliphatic carbocycles. The monoisotopic (exact) mass is 619 g/mol. The summed E-state index contributed by atoms with van der Waals surface area (Å²) < 4.78 is 0. The topological polar surface area (TPSA) is 38.7 Å². The summed E-state index contributed by atoms with van der Waals surface area (Å²) in [4.78, 5) is 0. The van der Waals surface area contributed by atoms with Crippen LogP contribution >= 0.6 is 0 Å². The van der Waals surface area contributed by atoms with Crippen LogP contribution in [0.15, 0.2) is 188 Å². The van der Waals surface area contributed by atoms with Gasteiger partial charge in [-0.3, -0.25) is 0 Å². The lowest BCUT2D eigenvalue weighted by Gasteiger charge is -2.10. The van der Waals surface area contributed by atoms with Crippen LogP contribution in [-0.2, 0) is 0 Å². The summed E-state index contributed by atoms with van der Waals surface area (Å²) >= 11 is 0. The van der Waals surface area contributed by atoms with Crippen molar-refractivity contribution in [1.29, 1.82) is 0 Å². The number of rotatable bonds is 7. The molecule has 0 fully saturated rings. The maximum atomic E-state index is 3.42. The predicted molar refractivity (Wildman–Crippen MR) is 204 cm³/mol. The minimum Gasteiger partial charge on any atom is -0.139 e. The maximum absolute atomic E-state index is 3.42. The van der Waals surface area contributed by atoms with Crippen molar-refractivity contribution in [2.45, 2.75) is 0 Å². The second-order valence-electron chi connectivity index (χ2n) is 10.6. The summed E-state index contributed by atoms with van der Waals surface area (Å²) in [6, 6.07) is 60.3. The van der Waals surface area contributed by atoms with Crippen LogP contribution in [-0.4, -0.2) is 15.4 Å². The van der Waals surface area contributed by atoms with Gasteiger partial charge in [-0.1, -0.05) is 206 Å². The van der Waals surface area contributed by atoms with Crippen molar-refractivity contribution in [3.05, 3.63) is 222 Å². The quantitative estimate of drug-likeness (QED) is 0.167. The highest BCUT2D eigenvalue weighted by molar-refractivity contribution is 5.87. The van der Waals surface area contributed by atoms with E-state index in [1.807, 2.05) is 48.5 Å². The Hall–Kier alpha value is -6.45. The summed E-state index contributed by atoms with van der Waals surface area (Å²) in [7, 11) is 0. The third-order valence-electron chi connectivity index (χ3n) is 7.20. The Morgan fingerprint density at radius 1 is 0.312 bits per heavy atom. The van der Waals surface area contributed by atoms with Gasteiger partial charge in [0.25, 0.3) is 0 Å². The van der Waals surface area contributed by atoms with Crippen molar-refractivity contribution in [3.63, 3.8) is 0 Å². The maximum Gasteiger partial charge on any atom is 0.0529 e. The van der Waals surface area contributed by atoms with Gasteiger partial charge < -0.3 is 0 Å². The third kappa shape index (κ3) is 11.2. The molecule has 48 heavy (non-hydrogen) atoms. The summed E-state index contributed by atoms with van der Waals surface area (Å²) in [6.45, 7) is 0. The van der Waals surface area contributed by atoms with Crippen LogP contribution in [0.2, 0.25) is 0 Å². The first-order chi connectivity index (χ1) is 23.8. The Labute approximate surface area is 284 Å². The summed E-state index contributed by atoms with van der Waals surface area (Å²) in [5, 5.41) is 10.1. The molecule has 0 spiro atoms. The lowest BCUT2D eigenvalue weighted by molar-refractivity contribution is 0.865. The van der Waals surface area contributed by atoms with Crippen LogP contribution in [0.4, 0.5) is 0 Å². The Bertz CT molecular complexity index is 1900. The lowest BCUT2D eigenvalue weighted by Crippen LogP contribution is -1.88. The number of aromatic nitrogens is 3. The van der Waals surface area contributed by atoms with Gasteiger partial charge in [0.2, 0.25) is 0 Å². The van der Waals surface area contributed by atoms with E-state index in [1.165, 1.54) is 44.5 Å². The molecule has 7 rings (SSSR count). The molecule has 1 heterocycles. The highest BCUT2D eigenvalue weighted by atomic mass is 15.3. The molecule has 6 aromatic carbocycles. The Kier molecular flexibility index (Phi) is 13.1. The molecule has 0 bridgehead atoms.